The van der Waals surface area contributed by atoms with Crippen LogP contribution in [0.2, 0.25) is 36.3 Å². The van der Waals surface area contributed by atoms with Gasteiger partial charge in [-0.05, 0) is 60.9 Å². The standard InChI is InChI=1S/C31H48N4O5Si2/c1-20-13-14-22(23(15-20)38-21(2)36)27-28-29(33-18-32-27)35(19-34-28)26-16-24(40-42(11,12)31(6,7)8)25(39-26)17-37-41(9,10)30(3,4)5/h13-15,18-19,24-26H,16-17H2,1-12H3/t24-,25+,26+/m0/s1. The summed E-state index contributed by atoms with van der Waals surface area (Å²) in [4.78, 5) is 25.7. The molecule has 0 radical (unpaired) electrons. The number of carbonyl (C=O) groups is 1. The molecule has 0 amide bonds. The number of benzene rings is 1. The van der Waals surface area contributed by atoms with Crippen LogP contribution in [0.5, 0.6) is 5.75 Å². The molecule has 1 saturated heterocycles. The van der Waals surface area contributed by atoms with Crippen LogP contribution >= 0.6 is 0 Å². The first-order valence-corrected chi connectivity index (χ1v) is 20.6. The number of aromatic nitrogens is 4. The molecule has 4 rings (SSSR count). The van der Waals surface area contributed by atoms with E-state index in [0.29, 0.717) is 41.2 Å². The van der Waals surface area contributed by atoms with E-state index in [4.69, 9.17) is 23.3 Å². The fraction of sp³-hybridized carbons (Fsp3) is 0.613. The average molecular weight is 613 g/mol. The van der Waals surface area contributed by atoms with E-state index >= 15 is 0 Å². The molecule has 1 aromatic carbocycles. The summed E-state index contributed by atoms with van der Waals surface area (Å²) in [5.74, 6) is 0.0515. The topological polar surface area (TPSA) is 97.6 Å². The maximum atomic E-state index is 11.8. The Bertz CT molecular complexity index is 1440. The third-order valence-corrected chi connectivity index (χ3v) is 18.2. The highest BCUT2D eigenvalue weighted by Crippen LogP contribution is 2.43. The molecule has 2 aromatic heterocycles. The molecule has 3 atom stereocenters. The van der Waals surface area contributed by atoms with Gasteiger partial charge in [0.05, 0.1) is 19.0 Å². The molecule has 11 heteroatoms. The molecule has 0 bridgehead atoms. The van der Waals surface area contributed by atoms with Crippen molar-refractivity contribution in [2.75, 3.05) is 6.61 Å². The molecule has 1 aliphatic rings. The smallest absolute Gasteiger partial charge is 0.308 e. The van der Waals surface area contributed by atoms with Gasteiger partial charge in [-0.25, -0.2) is 15.0 Å². The molecule has 0 aliphatic carbocycles. The summed E-state index contributed by atoms with van der Waals surface area (Å²) in [6, 6.07) is 5.69. The molecule has 1 aliphatic heterocycles. The summed E-state index contributed by atoms with van der Waals surface area (Å²) in [6.45, 7) is 26.4. The van der Waals surface area contributed by atoms with Gasteiger partial charge in [-0.15, -0.1) is 0 Å². The summed E-state index contributed by atoms with van der Waals surface area (Å²) in [7, 11) is -4.08. The van der Waals surface area contributed by atoms with Gasteiger partial charge in [0, 0.05) is 18.9 Å². The van der Waals surface area contributed by atoms with Gasteiger partial charge in [-0.2, -0.15) is 0 Å². The van der Waals surface area contributed by atoms with Crippen LogP contribution in [-0.2, 0) is 18.4 Å². The summed E-state index contributed by atoms with van der Waals surface area (Å²) in [5, 5.41) is 0.156. The zero-order valence-electron chi connectivity index (χ0n) is 27.4. The molecule has 9 nitrogen and oxygen atoms in total. The quantitative estimate of drug-likeness (QED) is 0.147. The minimum atomic E-state index is -2.09. The summed E-state index contributed by atoms with van der Waals surface area (Å²) >= 11 is 0. The Balaban J connectivity index is 1.69. The van der Waals surface area contributed by atoms with E-state index in [1.807, 2.05) is 29.7 Å². The number of esters is 1. The van der Waals surface area contributed by atoms with Crippen LogP contribution in [0.1, 0.15) is 66.7 Å². The molecule has 1 fully saturated rings. The van der Waals surface area contributed by atoms with Gasteiger partial charge < -0.3 is 18.3 Å². The predicted octanol–water partition coefficient (Wildman–Crippen LogP) is 7.43. The predicted molar refractivity (Wildman–Crippen MR) is 171 cm³/mol. The molecule has 3 heterocycles. The number of nitrogens with zero attached hydrogens (tertiary/aromatic N) is 4. The van der Waals surface area contributed by atoms with Gasteiger partial charge in [0.1, 0.15) is 35.6 Å². The van der Waals surface area contributed by atoms with Gasteiger partial charge >= 0.3 is 5.97 Å². The Kier molecular flexibility index (Phi) is 8.94. The van der Waals surface area contributed by atoms with E-state index < -0.39 is 22.6 Å². The Morgan fingerprint density at radius 3 is 2.31 bits per heavy atom. The zero-order valence-corrected chi connectivity index (χ0v) is 29.4. The van der Waals surface area contributed by atoms with Crippen LogP contribution in [0.3, 0.4) is 0 Å². The van der Waals surface area contributed by atoms with Crippen LogP contribution in [0, 0.1) is 6.92 Å². The number of aryl methyl sites for hydroxylation is 1. The lowest BCUT2D eigenvalue weighted by atomic mass is 10.1. The number of hydrogen-bond donors (Lipinski definition) is 0. The Morgan fingerprint density at radius 1 is 1.02 bits per heavy atom. The maximum absolute atomic E-state index is 11.8. The lowest BCUT2D eigenvalue weighted by Gasteiger charge is -2.40. The van der Waals surface area contributed by atoms with Crippen LogP contribution in [-0.4, -0.2) is 60.9 Å². The second-order valence-corrected chi connectivity index (χ2v) is 24.1. The Hall–Kier alpha value is -2.45. The molecule has 230 valence electrons. The van der Waals surface area contributed by atoms with Gasteiger partial charge in [0.2, 0.25) is 0 Å². The minimum absolute atomic E-state index is 0.0629. The molecular weight excluding hydrogens is 565 g/mol. The second-order valence-electron chi connectivity index (χ2n) is 14.5. The van der Waals surface area contributed by atoms with Crippen molar-refractivity contribution in [1.82, 2.24) is 19.5 Å². The van der Waals surface area contributed by atoms with Crippen LogP contribution in [0.15, 0.2) is 30.9 Å². The van der Waals surface area contributed by atoms with Crippen molar-refractivity contribution in [3.63, 3.8) is 0 Å². The van der Waals surface area contributed by atoms with Gasteiger partial charge in [0.25, 0.3) is 0 Å². The first-order chi connectivity index (χ1) is 19.3. The molecule has 0 unspecified atom stereocenters. The lowest BCUT2D eigenvalue weighted by Crippen LogP contribution is -2.48. The maximum Gasteiger partial charge on any atom is 0.308 e. The van der Waals surface area contributed by atoms with Crippen molar-refractivity contribution in [3.05, 3.63) is 36.4 Å². The lowest BCUT2D eigenvalue weighted by molar-refractivity contribution is -0.131. The van der Waals surface area contributed by atoms with E-state index in [2.05, 4.69) is 77.7 Å². The van der Waals surface area contributed by atoms with Crippen molar-refractivity contribution in [2.45, 2.75) is 117 Å². The highest BCUT2D eigenvalue weighted by atomic mass is 28.4. The van der Waals surface area contributed by atoms with Gasteiger partial charge in [0.15, 0.2) is 22.3 Å². The third-order valence-electron chi connectivity index (χ3n) is 9.16. The Labute approximate surface area is 252 Å². The number of imidazole rings is 1. The molecule has 0 saturated carbocycles. The normalized spacial score (nSPS) is 20.3. The molecule has 0 N–H and O–H groups in total. The fourth-order valence-corrected chi connectivity index (χ4v) is 6.90. The fourth-order valence-electron chi connectivity index (χ4n) is 4.53. The number of fused-ring (bicyclic) bond motifs is 1. The molecule has 0 spiro atoms. The van der Waals surface area contributed by atoms with Crippen molar-refractivity contribution >= 4 is 33.8 Å². The van der Waals surface area contributed by atoms with Crippen LogP contribution in [0.4, 0.5) is 0 Å². The van der Waals surface area contributed by atoms with Crippen molar-refractivity contribution < 1.29 is 23.1 Å². The largest absolute Gasteiger partial charge is 0.426 e. The minimum Gasteiger partial charge on any atom is -0.426 e. The molecular formula is C31H48N4O5Si2. The van der Waals surface area contributed by atoms with Crippen molar-refractivity contribution in [1.29, 1.82) is 0 Å². The zero-order chi connectivity index (χ0) is 31.3. The van der Waals surface area contributed by atoms with E-state index in [1.165, 1.54) is 13.3 Å². The molecule has 3 aromatic rings. The monoisotopic (exact) mass is 612 g/mol. The van der Waals surface area contributed by atoms with E-state index in [1.54, 1.807) is 6.33 Å². The van der Waals surface area contributed by atoms with Gasteiger partial charge in [-0.3, -0.25) is 9.36 Å². The third kappa shape index (κ3) is 6.70. The van der Waals surface area contributed by atoms with E-state index in [-0.39, 0.29) is 28.5 Å². The van der Waals surface area contributed by atoms with Crippen LogP contribution in [0.25, 0.3) is 22.4 Å². The number of rotatable bonds is 8. The second kappa shape index (κ2) is 11.6. The first-order valence-electron chi connectivity index (χ1n) is 14.7. The van der Waals surface area contributed by atoms with Gasteiger partial charge in [-0.1, -0.05) is 47.6 Å². The van der Waals surface area contributed by atoms with Crippen molar-refractivity contribution in [3.8, 4) is 17.0 Å². The molecule has 42 heavy (non-hydrogen) atoms. The first kappa shape index (κ1) is 32.5. The summed E-state index contributed by atoms with van der Waals surface area (Å²) in [5.41, 5.74) is 3.52. The summed E-state index contributed by atoms with van der Waals surface area (Å²) in [6.07, 6.45) is 3.27. The van der Waals surface area contributed by atoms with E-state index in [9.17, 15) is 4.79 Å². The number of carbonyl (C=O) groups excluding carboxylic acids is 1. The Morgan fingerprint density at radius 2 is 1.69 bits per heavy atom. The highest BCUT2D eigenvalue weighted by Gasteiger charge is 2.47. The van der Waals surface area contributed by atoms with Crippen LogP contribution < -0.4 is 4.74 Å². The SMILES string of the molecule is CC(=O)Oc1cc(C)ccc1-c1ncnc2c1ncn2[C@H]1C[C@H](O[Si](C)(C)C(C)(C)C)[C@@H](CO[Si](C)(C)C(C)(C)C)O1. The number of ether oxygens (including phenoxy) is 2. The number of hydrogen-bond acceptors (Lipinski definition) is 8. The summed E-state index contributed by atoms with van der Waals surface area (Å²) < 4.78 is 27.8. The highest BCUT2D eigenvalue weighted by molar-refractivity contribution is 6.74. The average Bonchev–Trinajstić information content (AvgIpc) is 3.45. The van der Waals surface area contributed by atoms with E-state index in [0.717, 1.165) is 5.56 Å². The van der Waals surface area contributed by atoms with Crippen molar-refractivity contribution in [2.24, 2.45) is 0 Å².